The SMILES string of the molecule is N#CC1CC=[C]CC1. The van der Waals surface area contributed by atoms with E-state index in [-0.39, 0.29) is 5.92 Å². The van der Waals surface area contributed by atoms with Crippen LogP contribution in [0.15, 0.2) is 6.08 Å². The Labute approximate surface area is 49.6 Å². The van der Waals surface area contributed by atoms with E-state index in [2.05, 4.69) is 12.1 Å². The number of hydrogen-bond acceptors (Lipinski definition) is 1. The normalized spacial score (nSPS) is 27.1. The lowest BCUT2D eigenvalue weighted by molar-refractivity contribution is 0.588. The van der Waals surface area contributed by atoms with E-state index < -0.39 is 0 Å². The van der Waals surface area contributed by atoms with E-state index in [4.69, 9.17) is 5.26 Å². The molecular formula is C7H8N. The van der Waals surface area contributed by atoms with E-state index in [0.29, 0.717) is 0 Å². The fourth-order valence-electron chi connectivity index (χ4n) is 0.820. The van der Waals surface area contributed by atoms with E-state index in [1.165, 1.54) is 0 Å². The third-order valence-electron chi connectivity index (χ3n) is 1.37. The minimum atomic E-state index is 0.274. The summed E-state index contributed by atoms with van der Waals surface area (Å²) in [4.78, 5) is 0. The molecule has 1 heteroatoms. The van der Waals surface area contributed by atoms with Crippen molar-refractivity contribution in [2.75, 3.05) is 0 Å². The number of nitriles is 1. The van der Waals surface area contributed by atoms with Crippen molar-refractivity contribution in [3.05, 3.63) is 12.2 Å². The summed E-state index contributed by atoms with van der Waals surface area (Å²) in [7, 11) is 0. The van der Waals surface area contributed by atoms with Crippen LogP contribution in [-0.2, 0) is 0 Å². The number of nitrogens with zero attached hydrogens (tertiary/aromatic N) is 1. The third kappa shape index (κ3) is 1.10. The lowest BCUT2D eigenvalue weighted by Gasteiger charge is -2.06. The lowest BCUT2D eigenvalue weighted by atomic mass is 9.96. The first-order valence-electron chi connectivity index (χ1n) is 2.88. The maximum atomic E-state index is 8.39. The lowest BCUT2D eigenvalue weighted by Crippen LogP contribution is -1.97. The van der Waals surface area contributed by atoms with Crippen LogP contribution in [-0.4, -0.2) is 0 Å². The topological polar surface area (TPSA) is 23.8 Å². The zero-order chi connectivity index (χ0) is 5.82. The number of hydrogen-bond donors (Lipinski definition) is 0. The molecule has 0 amide bonds. The molecule has 8 heavy (non-hydrogen) atoms. The molecule has 0 bridgehead atoms. The molecule has 1 rings (SSSR count). The van der Waals surface area contributed by atoms with Gasteiger partial charge in [0.1, 0.15) is 0 Å². The fraction of sp³-hybridized carbons (Fsp3) is 0.571. The number of rotatable bonds is 0. The minimum Gasteiger partial charge on any atom is -0.198 e. The van der Waals surface area contributed by atoms with Crippen LogP contribution < -0.4 is 0 Å². The molecule has 1 radical (unpaired) electrons. The molecule has 1 nitrogen and oxygen atoms in total. The molecule has 0 aromatic heterocycles. The van der Waals surface area contributed by atoms with Gasteiger partial charge in [0, 0.05) is 0 Å². The fourth-order valence-corrected chi connectivity index (χ4v) is 0.820. The van der Waals surface area contributed by atoms with Gasteiger partial charge >= 0.3 is 0 Å². The van der Waals surface area contributed by atoms with Crippen LogP contribution in [0.25, 0.3) is 0 Å². The molecule has 0 heterocycles. The van der Waals surface area contributed by atoms with Crippen LogP contribution in [0.2, 0.25) is 0 Å². The maximum Gasteiger partial charge on any atom is 0.0659 e. The van der Waals surface area contributed by atoms with Gasteiger partial charge < -0.3 is 0 Å². The van der Waals surface area contributed by atoms with Crippen LogP contribution in [0.1, 0.15) is 19.3 Å². The van der Waals surface area contributed by atoms with Gasteiger partial charge in [0.2, 0.25) is 0 Å². The van der Waals surface area contributed by atoms with Crippen molar-refractivity contribution in [2.24, 2.45) is 5.92 Å². The average molecular weight is 106 g/mol. The summed E-state index contributed by atoms with van der Waals surface area (Å²) in [5.74, 6) is 0.274. The molecule has 0 spiro atoms. The van der Waals surface area contributed by atoms with Crippen molar-refractivity contribution in [3.8, 4) is 6.07 Å². The highest BCUT2D eigenvalue weighted by Gasteiger charge is 2.06. The van der Waals surface area contributed by atoms with Gasteiger partial charge in [-0.15, -0.1) is 0 Å². The molecule has 0 N–H and O–H groups in total. The zero-order valence-corrected chi connectivity index (χ0v) is 4.72. The summed E-state index contributed by atoms with van der Waals surface area (Å²) in [6.07, 6.45) is 7.93. The predicted molar refractivity (Wildman–Crippen MR) is 30.8 cm³/mol. The van der Waals surface area contributed by atoms with E-state index in [1.54, 1.807) is 0 Å². The Morgan fingerprint density at radius 1 is 1.75 bits per heavy atom. The van der Waals surface area contributed by atoms with Crippen LogP contribution >= 0.6 is 0 Å². The Hall–Kier alpha value is -0.770. The van der Waals surface area contributed by atoms with Gasteiger partial charge in [0.15, 0.2) is 0 Å². The third-order valence-corrected chi connectivity index (χ3v) is 1.37. The second kappa shape index (κ2) is 2.52. The molecule has 1 atom stereocenters. The first-order chi connectivity index (χ1) is 3.93. The van der Waals surface area contributed by atoms with Crippen molar-refractivity contribution in [1.82, 2.24) is 0 Å². The first-order valence-corrected chi connectivity index (χ1v) is 2.88. The van der Waals surface area contributed by atoms with Crippen molar-refractivity contribution in [2.45, 2.75) is 19.3 Å². The molecule has 1 aliphatic rings. The highest BCUT2D eigenvalue weighted by molar-refractivity contribution is 4.93. The van der Waals surface area contributed by atoms with Crippen molar-refractivity contribution < 1.29 is 0 Å². The van der Waals surface area contributed by atoms with Crippen LogP contribution in [0.3, 0.4) is 0 Å². The van der Waals surface area contributed by atoms with Crippen LogP contribution in [0.4, 0.5) is 0 Å². The Kier molecular flexibility index (Phi) is 1.69. The quantitative estimate of drug-likeness (QED) is 0.460. The van der Waals surface area contributed by atoms with Crippen LogP contribution in [0.5, 0.6) is 0 Å². The number of allylic oxidation sites excluding steroid dienone is 2. The summed E-state index contributed by atoms with van der Waals surface area (Å²) in [5.41, 5.74) is 0. The summed E-state index contributed by atoms with van der Waals surface area (Å²) >= 11 is 0. The molecule has 0 aromatic rings. The summed E-state index contributed by atoms with van der Waals surface area (Å²) in [6.45, 7) is 0. The smallest absolute Gasteiger partial charge is 0.0659 e. The Balaban J connectivity index is 2.41. The molecule has 41 valence electrons. The molecule has 1 aliphatic carbocycles. The average Bonchev–Trinajstić information content (AvgIpc) is 1.90. The second-order valence-electron chi connectivity index (χ2n) is 2.01. The highest BCUT2D eigenvalue weighted by atomic mass is 14.3. The second-order valence-corrected chi connectivity index (χ2v) is 2.01. The Morgan fingerprint density at radius 2 is 2.62 bits per heavy atom. The van der Waals surface area contributed by atoms with E-state index in [1.807, 2.05) is 6.08 Å². The van der Waals surface area contributed by atoms with E-state index in [0.717, 1.165) is 19.3 Å². The van der Waals surface area contributed by atoms with Gasteiger partial charge in [-0.2, -0.15) is 5.26 Å². The minimum absolute atomic E-state index is 0.274. The van der Waals surface area contributed by atoms with Gasteiger partial charge in [-0.3, -0.25) is 0 Å². The molecule has 0 aromatic carbocycles. The summed E-state index contributed by atoms with van der Waals surface area (Å²) in [6, 6.07) is 2.23. The van der Waals surface area contributed by atoms with Crippen molar-refractivity contribution >= 4 is 0 Å². The highest BCUT2D eigenvalue weighted by Crippen LogP contribution is 2.15. The molecule has 0 fully saturated rings. The zero-order valence-electron chi connectivity index (χ0n) is 4.72. The summed E-state index contributed by atoms with van der Waals surface area (Å²) in [5, 5.41) is 8.39. The predicted octanol–water partition coefficient (Wildman–Crippen LogP) is 1.67. The van der Waals surface area contributed by atoms with Gasteiger partial charge in [-0.25, -0.2) is 0 Å². The molecule has 1 unspecified atom stereocenters. The van der Waals surface area contributed by atoms with E-state index in [9.17, 15) is 0 Å². The maximum absolute atomic E-state index is 8.39. The van der Waals surface area contributed by atoms with Gasteiger partial charge in [-0.1, -0.05) is 6.08 Å². The first kappa shape index (κ1) is 5.37. The molecule has 0 saturated heterocycles. The largest absolute Gasteiger partial charge is 0.198 e. The van der Waals surface area contributed by atoms with Crippen molar-refractivity contribution in [1.29, 1.82) is 5.26 Å². The molecule has 0 aliphatic heterocycles. The van der Waals surface area contributed by atoms with E-state index >= 15 is 0 Å². The van der Waals surface area contributed by atoms with Gasteiger partial charge in [0.25, 0.3) is 0 Å². The molecular weight excluding hydrogens is 98.1 g/mol. The Bertz CT molecular complexity index is 130. The monoisotopic (exact) mass is 106 g/mol. The summed E-state index contributed by atoms with van der Waals surface area (Å²) < 4.78 is 0. The Morgan fingerprint density at radius 3 is 3.00 bits per heavy atom. The molecule has 0 saturated carbocycles. The van der Waals surface area contributed by atoms with Gasteiger partial charge in [0.05, 0.1) is 12.0 Å². The standard InChI is InChI=1S/C7H8N/c8-6-7-4-2-1-3-5-7/h2,7H,3-5H2. The van der Waals surface area contributed by atoms with Crippen molar-refractivity contribution in [3.63, 3.8) is 0 Å². The van der Waals surface area contributed by atoms with Gasteiger partial charge in [-0.05, 0) is 25.3 Å². The van der Waals surface area contributed by atoms with Crippen LogP contribution in [0, 0.1) is 23.3 Å².